The molecule has 1 aliphatic heterocycles. The smallest absolute Gasteiger partial charge is 0.286 e. The molecule has 9 heteroatoms. The molecule has 3 aromatic carbocycles. The van der Waals surface area contributed by atoms with Crippen molar-refractivity contribution in [3.63, 3.8) is 0 Å². The second kappa shape index (κ2) is 11.8. The lowest BCUT2D eigenvalue weighted by molar-refractivity contribution is -0.385. The number of carbonyl (C=O) groups is 1. The fourth-order valence-electron chi connectivity index (χ4n) is 4.53. The van der Waals surface area contributed by atoms with Crippen molar-refractivity contribution in [2.45, 2.75) is 64.5 Å². The molecular formula is C31H38N2O6Si. The summed E-state index contributed by atoms with van der Waals surface area (Å²) in [5, 5.41) is 12.2. The molecule has 3 aromatic rings. The molecule has 1 atom stereocenters. The zero-order valence-corrected chi connectivity index (χ0v) is 25.1. The van der Waals surface area contributed by atoms with Gasteiger partial charge in [-0.05, 0) is 41.2 Å². The molecule has 0 N–H and O–H groups in total. The Bertz CT molecular complexity index is 1370. The van der Waals surface area contributed by atoms with Crippen LogP contribution in [0.25, 0.3) is 0 Å². The van der Waals surface area contributed by atoms with Crippen molar-refractivity contribution in [1.82, 2.24) is 4.90 Å². The van der Waals surface area contributed by atoms with Gasteiger partial charge in [-0.25, -0.2) is 0 Å². The van der Waals surface area contributed by atoms with Gasteiger partial charge in [0.25, 0.3) is 11.6 Å². The Morgan fingerprint density at radius 1 is 1.02 bits per heavy atom. The first kappa shape index (κ1) is 29.3. The molecule has 0 saturated heterocycles. The second-order valence-corrected chi connectivity index (χ2v) is 16.5. The minimum Gasteiger partial charge on any atom is -0.493 e. The van der Waals surface area contributed by atoms with Gasteiger partial charge in [0.1, 0.15) is 12.2 Å². The number of benzene rings is 3. The quantitative estimate of drug-likeness (QED) is 0.162. The summed E-state index contributed by atoms with van der Waals surface area (Å²) >= 11 is 0. The van der Waals surface area contributed by atoms with E-state index >= 15 is 0 Å². The van der Waals surface area contributed by atoms with Gasteiger partial charge < -0.3 is 18.8 Å². The van der Waals surface area contributed by atoms with Crippen molar-refractivity contribution in [3.8, 4) is 11.5 Å². The van der Waals surface area contributed by atoms with E-state index in [9.17, 15) is 14.9 Å². The van der Waals surface area contributed by atoms with Crippen molar-refractivity contribution in [2.24, 2.45) is 0 Å². The average molecular weight is 563 g/mol. The summed E-state index contributed by atoms with van der Waals surface area (Å²) in [7, 11) is -0.639. The fraction of sp³-hybridized carbons (Fsp3) is 0.387. The highest BCUT2D eigenvalue weighted by molar-refractivity contribution is 6.74. The molecule has 1 aliphatic rings. The molecular weight excluding hydrogens is 524 g/mol. The van der Waals surface area contributed by atoms with Crippen LogP contribution in [0.2, 0.25) is 18.1 Å². The average Bonchev–Trinajstić information content (AvgIpc) is 2.93. The molecule has 0 spiro atoms. The Morgan fingerprint density at radius 2 is 1.68 bits per heavy atom. The molecule has 0 unspecified atom stereocenters. The maximum absolute atomic E-state index is 14.1. The monoisotopic (exact) mass is 562 g/mol. The van der Waals surface area contributed by atoms with Gasteiger partial charge in [-0.2, -0.15) is 0 Å². The second-order valence-electron chi connectivity index (χ2n) is 11.7. The number of nitro benzene ring substituents is 1. The molecule has 0 bridgehead atoms. The number of nitro groups is 1. The number of fused-ring (bicyclic) bond motifs is 1. The predicted octanol–water partition coefficient (Wildman–Crippen LogP) is 6.77. The Labute approximate surface area is 237 Å². The predicted molar refractivity (Wildman–Crippen MR) is 157 cm³/mol. The van der Waals surface area contributed by atoms with Gasteiger partial charge in [-0.15, -0.1) is 0 Å². The maximum Gasteiger partial charge on any atom is 0.286 e. The molecule has 40 heavy (non-hydrogen) atoms. The third-order valence-electron chi connectivity index (χ3n) is 8.01. The van der Waals surface area contributed by atoms with E-state index in [1.165, 1.54) is 19.2 Å². The highest BCUT2D eigenvalue weighted by Crippen LogP contribution is 2.39. The van der Waals surface area contributed by atoms with Crippen LogP contribution in [0.3, 0.4) is 0 Å². The van der Waals surface area contributed by atoms with E-state index in [2.05, 4.69) is 39.9 Å². The third-order valence-corrected chi connectivity index (χ3v) is 12.5. The van der Waals surface area contributed by atoms with E-state index in [4.69, 9.17) is 13.9 Å². The van der Waals surface area contributed by atoms with Crippen LogP contribution >= 0.6 is 0 Å². The summed E-state index contributed by atoms with van der Waals surface area (Å²) in [5.41, 5.74) is 2.73. The number of ether oxygens (including phenoxy) is 2. The number of carbonyl (C=O) groups excluding carboxylic acids is 1. The summed E-state index contributed by atoms with van der Waals surface area (Å²) in [5.74, 6) is 0.0331. The van der Waals surface area contributed by atoms with Gasteiger partial charge in [0.15, 0.2) is 19.8 Å². The maximum atomic E-state index is 14.1. The van der Waals surface area contributed by atoms with Crippen molar-refractivity contribution >= 4 is 19.9 Å². The van der Waals surface area contributed by atoms with E-state index in [1.54, 1.807) is 4.90 Å². The summed E-state index contributed by atoms with van der Waals surface area (Å²) < 4.78 is 18.0. The first-order chi connectivity index (χ1) is 18.9. The summed E-state index contributed by atoms with van der Waals surface area (Å²) in [6.07, 6.45) is 0.611. The van der Waals surface area contributed by atoms with Gasteiger partial charge in [0.2, 0.25) is 0 Å². The minimum absolute atomic E-state index is 0.0101. The Kier molecular flexibility index (Phi) is 8.65. The lowest BCUT2D eigenvalue weighted by Gasteiger charge is -2.41. The Hall–Kier alpha value is -3.69. The number of nitrogens with zero attached hydrogens (tertiary/aromatic N) is 2. The van der Waals surface area contributed by atoms with Crippen LogP contribution in [0.5, 0.6) is 11.5 Å². The molecule has 4 rings (SSSR count). The Morgan fingerprint density at radius 3 is 2.30 bits per heavy atom. The molecule has 0 saturated carbocycles. The van der Waals surface area contributed by atoms with Crippen molar-refractivity contribution in [2.75, 3.05) is 13.7 Å². The van der Waals surface area contributed by atoms with Gasteiger partial charge in [0.05, 0.1) is 30.7 Å². The van der Waals surface area contributed by atoms with Crippen LogP contribution in [0.4, 0.5) is 5.69 Å². The third kappa shape index (κ3) is 6.37. The number of hydrogen-bond acceptors (Lipinski definition) is 6. The number of hydrogen-bond donors (Lipinski definition) is 0. The molecule has 0 aliphatic carbocycles. The Balaban J connectivity index is 1.68. The van der Waals surface area contributed by atoms with Crippen molar-refractivity contribution in [1.29, 1.82) is 0 Å². The highest BCUT2D eigenvalue weighted by atomic mass is 28.4. The molecule has 1 amide bonds. The van der Waals surface area contributed by atoms with Crippen LogP contribution in [-0.4, -0.2) is 43.8 Å². The van der Waals surface area contributed by atoms with E-state index in [0.717, 1.165) is 16.7 Å². The standard InChI is InChI=1S/C31H38N2O6Si/c1-31(2,3)40(5,6)39-21-25-16-23-14-10-11-15-24(23)19-32(25)30(34)26-17-28(37-4)29(18-27(26)33(35)36)38-20-22-12-8-7-9-13-22/h7-15,17-18,25H,16,19-21H2,1-6H3/t25-/m0/s1. The summed E-state index contributed by atoms with van der Waals surface area (Å²) in [6.45, 7) is 11.8. The summed E-state index contributed by atoms with van der Waals surface area (Å²) in [6, 6.07) is 19.9. The largest absolute Gasteiger partial charge is 0.493 e. The van der Waals surface area contributed by atoms with E-state index in [-0.39, 0.29) is 40.4 Å². The lowest BCUT2D eigenvalue weighted by Crippen LogP contribution is -2.50. The van der Waals surface area contributed by atoms with Crippen molar-refractivity contribution < 1.29 is 23.6 Å². The van der Waals surface area contributed by atoms with Crippen molar-refractivity contribution in [3.05, 3.63) is 99.1 Å². The highest BCUT2D eigenvalue weighted by Gasteiger charge is 2.40. The van der Waals surface area contributed by atoms with Gasteiger partial charge in [-0.3, -0.25) is 14.9 Å². The lowest BCUT2D eigenvalue weighted by atomic mass is 9.93. The topological polar surface area (TPSA) is 91.1 Å². The van der Waals surface area contributed by atoms with E-state index in [1.807, 2.05) is 48.5 Å². The fourth-order valence-corrected chi connectivity index (χ4v) is 5.57. The number of rotatable bonds is 9. The molecule has 8 nitrogen and oxygen atoms in total. The molecule has 0 radical (unpaired) electrons. The van der Waals surface area contributed by atoms with Crippen LogP contribution in [0.15, 0.2) is 66.7 Å². The summed E-state index contributed by atoms with van der Waals surface area (Å²) in [4.78, 5) is 27.5. The van der Waals surface area contributed by atoms with Gasteiger partial charge in [0, 0.05) is 12.6 Å². The SMILES string of the molecule is COc1cc(C(=O)N2Cc3ccccc3C[C@H]2CO[Si](C)(C)C(C)(C)C)c([N+](=O)[O-])cc1OCc1ccccc1. The van der Waals surface area contributed by atoms with E-state index < -0.39 is 19.1 Å². The van der Waals surface area contributed by atoms with Crippen LogP contribution < -0.4 is 9.47 Å². The minimum atomic E-state index is -2.10. The van der Waals surface area contributed by atoms with Crippen LogP contribution in [0, 0.1) is 10.1 Å². The molecule has 212 valence electrons. The van der Waals surface area contributed by atoms with Crippen LogP contribution in [0.1, 0.15) is 47.8 Å². The number of methoxy groups -OCH3 is 1. The molecule has 0 fully saturated rings. The van der Waals surface area contributed by atoms with E-state index in [0.29, 0.717) is 19.6 Å². The van der Waals surface area contributed by atoms with Gasteiger partial charge in [-0.1, -0.05) is 75.4 Å². The first-order valence-electron chi connectivity index (χ1n) is 13.5. The first-order valence-corrected chi connectivity index (χ1v) is 16.4. The zero-order chi connectivity index (χ0) is 29.1. The van der Waals surface area contributed by atoms with Gasteiger partial charge >= 0.3 is 0 Å². The zero-order valence-electron chi connectivity index (χ0n) is 24.1. The van der Waals surface area contributed by atoms with Crippen LogP contribution in [-0.2, 0) is 24.0 Å². The normalized spacial score (nSPS) is 15.3. The molecule has 0 aromatic heterocycles. The number of amides is 1. The molecule has 1 heterocycles.